The first-order valence-corrected chi connectivity index (χ1v) is 3.79. The molecule has 0 rings (SSSR count). The van der Waals surface area contributed by atoms with Gasteiger partial charge in [0.15, 0.2) is 0 Å². The molecule has 64 valence electrons. The number of primary amides is 1. The molecule has 3 N–H and O–H groups in total. The molecular formula is C8H16N2O. The van der Waals surface area contributed by atoms with E-state index in [4.69, 9.17) is 5.73 Å². The largest absolute Gasteiger partial charge is 0.366 e. The zero-order valence-electron chi connectivity index (χ0n) is 7.35. The van der Waals surface area contributed by atoms with E-state index in [-0.39, 0.29) is 11.9 Å². The molecule has 0 aromatic carbocycles. The van der Waals surface area contributed by atoms with Gasteiger partial charge in [-0.3, -0.25) is 4.79 Å². The fraction of sp³-hybridized carbons (Fsp3) is 0.625. The number of nitrogens with two attached hydrogens (primary N) is 1. The lowest BCUT2D eigenvalue weighted by molar-refractivity contribution is -0.114. The maximum atomic E-state index is 10.6. The molecule has 0 aromatic rings. The van der Waals surface area contributed by atoms with Crippen LogP contribution in [0, 0.1) is 0 Å². The van der Waals surface area contributed by atoms with E-state index in [1.165, 1.54) is 0 Å². The Balaban J connectivity index is 3.96. The summed E-state index contributed by atoms with van der Waals surface area (Å²) < 4.78 is 0. The van der Waals surface area contributed by atoms with Crippen LogP contribution < -0.4 is 11.1 Å². The number of likely N-dealkylation sites (N-methyl/N-ethyl adjacent to an activating group) is 1. The number of carbonyl (C=O) groups is 1. The van der Waals surface area contributed by atoms with E-state index < -0.39 is 0 Å². The second kappa shape index (κ2) is 4.91. The number of amides is 1. The highest BCUT2D eigenvalue weighted by Crippen LogP contribution is 1.93. The molecule has 0 aliphatic carbocycles. The summed E-state index contributed by atoms with van der Waals surface area (Å²) in [7, 11) is 0. The molecule has 0 aliphatic heterocycles. The number of hydrogen-bond donors (Lipinski definition) is 2. The van der Waals surface area contributed by atoms with Gasteiger partial charge in [0.1, 0.15) is 0 Å². The predicted octanol–water partition coefficient (Wildman–Crippen LogP) is 0.416. The van der Waals surface area contributed by atoms with Crippen LogP contribution in [-0.4, -0.2) is 18.5 Å². The number of hydrogen-bond acceptors (Lipinski definition) is 2. The standard InChI is InChI=1S/C8H16N2O/c1-4-10-7(3)5-6(2)8(9)11/h5,7,10H,4H2,1-3H3,(H2,9,11)/b6-5-. The summed E-state index contributed by atoms with van der Waals surface area (Å²) in [6, 6.07) is 0.215. The molecule has 1 atom stereocenters. The van der Waals surface area contributed by atoms with Crippen molar-refractivity contribution in [3.63, 3.8) is 0 Å². The van der Waals surface area contributed by atoms with E-state index in [1.807, 2.05) is 19.9 Å². The molecule has 0 spiro atoms. The number of carbonyl (C=O) groups excluding carboxylic acids is 1. The van der Waals surface area contributed by atoms with E-state index in [2.05, 4.69) is 5.32 Å². The second-order valence-corrected chi connectivity index (χ2v) is 2.56. The smallest absolute Gasteiger partial charge is 0.244 e. The summed E-state index contributed by atoms with van der Waals surface area (Å²) >= 11 is 0. The first-order valence-electron chi connectivity index (χ1n) is 3.79. The minimum Gasteiger partial charge on any atom is -0.366 e. The highest BCUT2D eigenvalue weighted by molar-refractivity contribution is 5.91. The molecule has 0 bridgehead atoms. The Morgan fingerprint density at radius 3 is 2.64 bits per heavy atom. The van der Waals surface area contributed by atoms with Gasteiger partial charge in [-0.25, -0.2) is 0 Å². The molecule has 1 amide bonds. The monoisotopic (exact) mass is 156 g/mol. The van der Waals surface area contributed by atoms with Gasteiger partial charge in [-0.1, -0.05) is 13.0 Å². The van der Waals surface area contributed by atoms with Crippen molar-refractivity contribution in [1.29, 1.82) is 0 Å². The van der Waals surface area contributed by atoms with E-state index in [0.717, 1.165) is 6.54 Å². The van der Waals surface area contributed by atoms with E-state index >= 15 is 0 Å². The molecule has 0 heterocycles. The van der Waals surface area contributed by atoms with Crippen LogP contribution in [0.5, 0.6) is 0 Å². The normalized spacial score (nSPS) is 14.6. The molecular weight excluding hydrogens is 140 g/mol. The Kier molecular flexibility index (Phi) is 4.54. The van der Waals surface area contributed by atoms with Crippen molar-refractivity contribution in [1.82, 2.24) is 5.32 Å². The lowest BCUT2D eigenvalue weighted by Gasteiger charge is -2.06. The Hall–Kier alpha value is -0.830. The van der Waals surface area contributed by atoms with Gasteiger partial charge in [-0.15, -0.1) is 0 Å². The van der Waals surface area contributed by atoms with Gasteiger partial charge < -0.3 is 11.1 Å². The average Bonchev–Trinajstić information content (AvgIpc) is 1.87. The lowest BCUT2D eigenvalue weighted by atomic mass is 10.2. The second-order valence-electron chi connectivity index (χ2n) is 2.56. The number of rotatable bonds is 4. The minimum absolute atomic E-state index is 0.215. The van der Waals surface area contributed by atoms with Gasteiger partial charge in [0.25, 0.3) is 0 Å². The third-order valence-electron chi connectivity index (χ3n) is 1.41. The first-order chi connectivity index (χ1) is 5.07. The van der Waals surface area contributed by atoms with Crippen LogP contribution >= 0.6 is 0 Å². The SMILES string of the molecule is CCNC(C)/C=C(/C)C(N)=O. The molecule has 1 unspecified atom stereocenters. The van der Waals surface area contributed by atoms with Crippen molar-refractivity contribution in [3.8, 4) is 0 Å². The Bertz CT molecular complexity index is 163. The topological polar surface area (TPSA) is 55.1 Å². The molecule has 0 radical (unpaired) electrons. The Morgan fingerprint density at radius 1 is 1.73 bits per heavy atom. The summed E-state index contributed by atoms with van der Waals surface area (Å²) in [4.78, 5) is 10.6. The molecule has 11 heavy (non-hydrogen) atoms. The highest BCUT2D eigenvalue weighted by Gasteiger charge is 1.99. The van der Waals surface area contributed by atoms with Crippen LogP contribution in [0.3, 0.4) is 0 Å². The van der Waals surface area contributed by atoms with Crippen molar-refractivity contribution in [2.24, 2.45) is 5.73 Å². The van der Waals surface area contributed by atoms with Crippen LogP contribution in [0.15, 0.2) is 11.6 Å². The third kappa shape index (κ3) is 4.56. The molecule has 3 heteroatoms. The van der Waals surface area contributed by atoms with Gasteiger partial charge in [0, 0.05) is 11.6 Å². The predicted molar refractivity (Wildman–Crippen MR) is 46.1 cm³/mol. The third-order valence-corrected chi connectivity index (χ3v) is 1.41. The zero-order valence-corrected chi connectivity index (χ0v) is 7.35. The number of nitrogens with one attached hydrogen (secondary N) is 1. The fourth-order valence-electron chi connectivity index (χ4n) is 0.838. The highest BCUT2D eigenvalue weighted by atomic mass is 16.1. The summed E-state index contributed by atoms with van der Waals surface area (Å²) in [6.45, 7) is 6.61. The van der Waals surface area contributed by atoms with Crippen LogP contribution in [-0.2, 0) is 4.79 Å². The molecule has 0 saturated heterocycles. The van der Waals surface area contributed by atoms with Crippen LogP contribution in [0.25, 0.3) is 0 Å². The van der Waals surface area contributed by atoms with Crippen molar-refractivity contribution in [2.75, 3.05) is 6.54 Å². The van der Waals surface area contributed by atoms with Crippen molar-refractivity contribution in [3.05, 3.63) is 11.6 Å². The van der Waals surface area contributed by atoms with Gasteiger partial charge in [-0.2, -0.15) is 0 Å². The van der Waals surface area contributed by atoms with Gasteiger partial charge in [-0.05, 0) is 20.4 Å². The molecule has 0 aromatic heterocycles. The van der Waals surface area contributed by atoms with E-state index in [1.54, 1.807) is 6.92 Å². The summed E-state index contributed by atoms with van der Waals surface area (Å²) in [5.41, 5.74) is 5.66. The Morgan fingerprint density at radius 2 is 2.27 bits per heavy atom. The van der Waals surface area contributed by atoms with Gasteiger partial charge in [0.05, 0.1) is 0 Å². The maximum absolute atomic E-state index is 10.6. The van der Waals surface area contributed by atoms with E-state index in [9.17, 15) is 4.79 Å². The summed E-state index contributed by atoms with van der Waals surface area (Å²) in [5, 5.41) is 3.15. The van der Waals surface area contributed by atoms with Crippen LogP contribution in [0.2, 0.25) is 0 Å². The van der Waals surface area contributed by atoms with E-state index in [0.29, 0.717) is 5.57 Å². The van der Waals surface area contributed by atoms with Gasteiger partial charge >= 0.3 is 0 Å². The first kappa shape index (κ1) is 10.2. The summed E-state index contributed by atoms with van der Waals surface area (Å²) in [6.07, 6.45) is 1.83. The average molecular weight is 156 g/mol. The summed E-state index contributed by atoms with van der Waals surface area (Å²) in [5.74, 6) is -0.352. The van der Waals surface area contributed by atoms with Crippen LogP contribution in [0.4, 0.5) is 0 Å². The molecule has 3 nitrogen and oxygen atoms in total. The van der Waals surface area contributed by atoms with Crippen LogP contribution in [0.1, 0.15) is 20.8 Å². The quantitative estimate of drug-likeness (QED) is 0.579. The maximum Gasteiger partial charge on any atom is 0.244 e. The minimum atomic E-state index is -0.352. The van der Waals surface area contributed by atoms with Crippen molar-refractivity contribution < 1.29 is 4.79 Å². The van der Waals surface area contributed by atoms with Crippen molar-refractivity contribution in [2.45, 2.75) is 26.8 Å². The van der Waals surface area contributed by atoms with Crippen molar-refractivity contribution >= 4 is 5.91 Å². The van der Waals surface area contributed by atoms with Gasteiger partial charge in [0.2, 0.25) is 5.91 Å². The fourth-order valence-corrected chi connectivity index (χ4v) is 0.838. The Labute approximate surface area is 67.7 Å². The zero-order chi connectivity index (χ0) is 8.85. The molecule has 0 saturated carbocycles. The molecule has 0 fully saturated rings. The lowest BCUT2D eigenvalue weighted by Crippen LogP contribution is -2.25. The molecule has 0 aliphatic rings.